The van der Waals surface area contributed by atoms with E-state index in [2.05, 4.69) is 10.2 Å². The standard InChI is InChI=1S/C17H26N2O3S/c1-19(13-7-5-6-8-18-17(13)20)11-12-9-14(21-2)15(22-3)10-16(12)23-4/h9-10,13H,5-8,11H2,1-4H3,(H,18,20)/t13-/m1/s1. The first-order valence-corrected chi connectivity index (χ1v) is 9.10. The smallest absolute Gasteiger partial charge is 0.237 e. The fourth-order valence-corrected chi connectivity index (χ4v) is 3.55. The van der Waals surface area contributed by atoms with Gasteiger partial charge < -0.3 is 14.8 Å². The first-order chi connectivity index (χ1) is 11.1. The molecule has 1 aromatic carbocycles. The van der Waals surface area contributed by atoms with Gasteiger partial charge >= 0.3 is 0 Å². The van der Waals surface area contributed by atoms with Gasteiger partial charge in [-0.3, -0.25) is 9.69 Å². The summed E-state index contributed by atoms with van der Waals surface area (Å²) in [5.74, 6) is 1.59. The van der Waals surface area contributed by atoms with Crippen LogP contribution < -0.4 is 14.8 Å². The largest absolute Gasteiger partial charge is 0.493 e. The van der Waals surface area contributed by atoms with Crippen LogP contribution in [-0.4, -0.2) is 50.9 Å². The van der Waals surface area contributed by atoms with E-state index in [-0.39, 0.29) is 11.9 Å². The van der Waals surface area contributed by atoms with Crippen molar-refractivity contribution >= 4 is 17.7 Å². The molecule has 1 aliphatic rings. The molecule has 5 nitrogen and oxygen atoms in total. The van der Waals surface area contributed by atoms with Gasteiger partial charge in [0.1, 0.15) is 0 Å². The zero-order valence-corrected chi connectivity index (χ0v) is 15.2. The third-order valence-corrected chi connectivity index (χ3v) is 5.06. The van der Waals surface area contributed by atoms with E-state index < -0.39 is 0 Å². The fraction of sp³-hybridized carbons (Fsp3) is 0.588. The maximum absolute atomic E-state index is 12.2. The number of methoxy groups -OCH3 is 2. The second-order valence-electron chi connectivity index (χ2n) is 5.74. The lowest BCUT2D eigenvalue weighted by atomic mass is 10.1. The lowest BCUT2D eigenvalue weighted by Crippen LogP contribution is -2.43. The number of amides is 1. The Morgan fingerprint density at radius 3 is 2.61 bits per heavy atom. The highest BCUT2D eigenvalue weighted by Crippen LogP contribution is 2.35. The monoisotopic (exact) mass is 338 g/mol. The number of nitrogens with zero attached hydrogens (tertiary/aromatic N) is 1. The number of hydrogen-bond acceptors (Lipinski definition) is 5. The van der Waals surface area contributed by atoms with Gasteiger partial charge in [0, 0.05) is 18.0 Å². The number of hydrogen-bond donors (Lipinski definition) is 1. The van der Waals surface area contributed by atoms with Crippen LogP contribution in [-0.2, 0) is 11.3 Å². The molecule has 0 spiro atoms. The highest BCUT2D eigenvalue weighted by molar-refractivity contribution is 7.98. The fourth-order valence-electron chi connectivity index (χ4n) is 2.94. The first kappa shape index (κ1) is 17.9. The molecule has 0 aromatic heterocycles. The van der Waals surface area contributed by atoms with Crippen molar-refractivity contribution in [1.82, 2.24) is 10.2 Å². The Labute approximate surface area is 142 Å². The molecule has 1 amide bonds. The summed E-state index contributed by atoms with van der Waals surface area (Å²) in [6.45, 7) is 1.49. The van der Waals surface area contributed by atoms with E-state index in [0.29, 0.717) is 6.54 Å². The van der Waals surface area contributed by atoms with Crippen molar-refractivity contribution in [2.45, 2.75) is 36.7 Å². The average molecular weight is 338 g/mol. The Kier molecular flexibility index (Phi) is 6.59. The molecule has 0 aliphatic carbocycles. The molecule has 0 radical (unpaired) electrons. The van der Waals surface area contributed by atoms with E-state index in [9.17, 15) is 4.79 Å². The van der Waals surface area contributed by atoms with Gasteiger partial charge in [-0.25, -0.2) is 0 Å². The minimum absolute atomic E-state index is 0.0692. The van der Waals surface area contributed by atoms with E-state index in [1.165, 1.54) is 0 Å². The molecule has 0 saturated carbocycles. The Morgan fingerprint density at radius 2 is 1.96 bits per heavy atom. The second-order valence-corrected chi connectivity index (χ2v) is 6.58. The maximum Gasteiger partial charge on any atom is 0.237 e. The maximum atomic E-state index is 12.2. The van der Waals surface area contributed by atoms with E-state index in [1.807, 2.05) is 25.4 Å². The quantitative estimate of drug-likeness (QED) is 0.808. The summed E-state index contributed by atoms with van der Waals surface area (Å²) in [6.07, 6.45) is 5.09. The first-order valence-electron chi connectivity index (χ1n) is 7.87. The van der Waals surface area contributed by atoms with Crippen LogP contribution in [0.1, 0.15) is 24.8 Å². The molecule has 1 fully saturated rings. The SMILES string of the molecule is COc1cc(CN(C)[C@@H]2CCCCNC2=O)c(SC)cc1OC. The van der Waals surface area contributed by atoms with Crippen LogP contribution >= 0.6 is 11.8 Å². The summed E-state index contributed by atoms with van der Waals surface area (Å²) < 4.78 is 10.8. The zero-order chi connectivity index (χ0) is 16.8. The summed E-state index contributed by atoms with van der Waals surface area (Å²) in [5, 5.41) is 3.00. The lowest BCUT2D eigenvalue weighted by molar-refractivity contribution is -0.125. The normalized spacial score (nSPS) is 18.5. The van der Waals surface area contributed by atoms with Gasteiger partial charge in [0.25, 0.3) is 0 Å². The molecule has 6 heteroatoms. The summed E-state index contributed by atoms with van der Waals surface area (Å²) in [6, 6.07) is 3.94. The van der Waals surface area contributed by atoms with Gasteiger partial charge in [-0.05, 0) is 50.3 Å². The third-order valence-electron chi connectivity index (χ3n) is 4.24. The van der Waals surface area contributed by atoms with Crippen molar-refractivity contribution in [2.75, 3.05) is 34.1 Å². The number of thioether (sulfide) groups is 1. The van der Waals surface area contributed by atoms with Crippen molar-refractivity contribution in [3.05, 3.63) is 17.7 Å². The highest BCUT2D eigenvalue weighted by atomic mass is 32.2. The Bertz CT molecular complexity index is 551. The number of nitrogens with one attached hydrogen (secondary N) is 1. The summed E-state index contributed by atoms with van der Waals surface area (Å²) in [7, 11) is 5.29. The van der Waals surface area contributed by atoms with Crippen molar-refractivity contribution in [2.24, 2.45) is 0 Å². The van der Waals surface area contributed by atoms with Crippen LogP contribution in [0.3, 0.4) is 0 Å². The molecular formula is C17H26N2O3S. The number of ether oxygens (including phenoxy) is 2. The van der Waals surface area contributed by atoms with Gasteiger partial charge in [-0.15, -0.1) is 11.8 Å². The van der Waals surface area contributed by atoms with Crippen LogP contribution in [0, 0.1) is 0 Å². The van der Waals surface area contributed by atoms with Gasteiger partial charge in [-0.1, -0.05) is 0 Å². The summed E-state index contributed by atoms with van der Waals surface area (Å²) in [5.41, 5.74) is 1.15. The molecule has 128 valence electrons. The zero-order valence-electron chi connectivity index (χ0n) is 14.3. The van der Waals surface area contributed by atoms with Gasteiger partial charge in [0.2, 0.25) is 5.91 Å². The molecule has 0 bridgehead atoms. The number of rotatable bonds is 6. The molecular weight excluding hydrogens is 312 g/mol. The molecule has 2 rings (SSSR count). The molecule has 1 aliphatic heterocycles. The van der Waals surface area contributed by atoms with Crippen LogP contribution in [0.25, 0.3) is 0 Å². The van der Waals surface area contributed by atoms with Crippen LogP contribution in [0.4, 0.5) is 0 Å². The predicted molar refractivity (Wildman–Crippen MR) is 93.4 cm³/mol. The predicted octanol–water partition coefficient (Wildman–Crippen LogP) is 2.53. The second kappa shape index (κ2) is 8.45. The van der Waals surface area contributed by atoms with E-state index in [1.54, 1.807) is 26.0 Å². The molecule has 1 atom stereocenters. The molecule has 1 saturated heterocycles. The number of likely N-dealkylation sites (N-methyl/N-ethyl adjacent to an activating group) is 1. The summed E-state index contributed by atoms with van der Waals surface area (Å²) in [4.78, 5) is 15.5. The molecule has 1 heterocycles. The summed E-state index contributed by atoms with van der Waals surface area (Å²) >= 11 is 1.67. The molecule has 23 heavy (non-hydrogen) atoms. The van der Waals surface area contributed by atoms with Gasteiger partial charge in [0.05, 0.1) is 20.3 Å². The molecule has 1 aromatic rings. The number of carbonyl (C=O) groups excluding carboxylic acids is 1. The molecule has 0 unspecified atom stereocenters. The lowest BCUT2D eigenvalue weighted by Gasteiger charge is -2.26. The van der Waals surface area contributed by atoms with E-state index >= 15 is 0 Å². The van der Waals surface area contributed by atoms with E-state index in [4.69, 9.17) is 9.47 Å². The molecule has 1 N–H and O–H groups in total. The topological polar surface area (TPSA) is 50.8 Å². The van der Waals surface area contributed by atoms with Crippen molar-refractivity contribution < 1.29 is 14.3 Å². The minimum Gasteiger partial charge on any atom is -0.493 e. The highest BCUT2D eigenvalue weighted by Gasteiger charge is 2.25. The van der Waals surface area contributed by atoms with Crippen LogP contribution in [0.5, 0.6) is 11.5 Å². The Morgan fingerprint density at radius 1 is 1.26 bits per heavy atom. The van der Waals surface area contributed by atoms with Crippen molar-refractivity contribution in [3.8, 4) is 11.5 Å². The van der Waals surface area contributed by atoms with Gasteiger partial charge in [-0.2, -0.15) is 0 Å². The average Bonchev–Trinajstić information content (AvgIpc) is 2.78. The third kappa shape index (κ3) is 4.32. The number of carbonyl (C=O) groups is 1. The van der Waals surface area contributed by atoms with E-state index in [0.717, 1.165) is 47.8 Å². The van der Waals surface area contributed by atoms with Crippen molar-refractivity contribution in [1.29, 1.82) is 0 Å². The minimum atomic E-state index is -0.0692. The van der Waals surface area contributed by atoms with Gasteiger partial charge in [0.15, 0.2) is 11.5 Å². The Hall–Kier alpha value is -1.40. The number of benzene rings is 1. The van der Waals surface area contributed by atoms with Crippen LogP contribution in [0.15, 0.2) is 17.0 Å². The van der Waals surface area contributed by atoms with Crippen molar-refractivity contribution in [3.63, 3.8) is 0 Å². The Balaban J connectivity index is 2.22. The van der Waals surface area contributed by atoms with Crippen LogP contribution in [0.2, 0.25) is 0 Å².